The standard InChI is InChI=1S/C16H19BO5/c1-10(18)6-7-14(20)9-13-8-12-4-3-5-15(11(2)19)16(12)22-17(13)21/h3-5,13,21H,6-9H2,1-2H3/t13-/m1/s1. The maximum atomic E-state index is 11.9. The molecule has 22 heavy (non-hydrogen) atoms. The Morgan fingerprint density at radius 3 is 2.64 bits per heavy atom. The first-order valence-electron chi connectivity index (χ1n) is 7.37. The van der Waals surface area contributed by atoms with E-state index in [9.17, 15) is 19.4 Å². The van der Waals surface area contributed by atoms with Crippen LogP contribution >= 0.6 is 0 Å². The number of carbonyl (C=O) groups excluding carboxylic acids is 3. The van der Waals surface area contributed by atoms with Gasteiger partial charge in [-0.25, -0.2) is 0 Å². The van der Waals surface area contributed by atoms with Crippen LogP contribution in [0.5, 0.6) is 5.75 Å². The molecule has 1 aromatic carbocycles. The molecule has 116 valence electrons. The number of hydrogen-bond acceptors (Lipinski definition) is 5. The Bertz CT molecular complexity index is 611. The van der Waals surface area contributed by atoms with Crippen molar-refractivity contribution < 1.29 is 24.1 Å². The fourth-order valence-electron chi connectivity index (χ4n) is 2.65. The zero-order chi connectivity index (χ0) is 16.3. The van der Waals surface area contributed by atoms with Crippen molar-refractivity contribution in [2.24, 2.45) is 0 Å². The molecule has 2 rings (SSSR count). The number of ketones is 3. The van der Waals surface area contributed by atoms with Crippen molar-refractivity contribution in [3.8, 4) is 5.75 Å². The van der Waals surface area contributed by atoms with E-state index >= 15 is 0 Å². The molecule has 0 aliphatic carbocycles. The van der Waals surface area contributed by atoms with E-state index in [1.54, 1.807) is 12.1 Å². The Morgan fingerprint density at radius 2 is 2.00 bits per heavy atom. The summed E-state index contributed by atoms with van der Waals surface area (Å²) in [6.07, 6.45) is 1.06. The Labute approximate surface area is 129 Å². The molecule has 6 heteroatoms. The molecule has 0 fully saturated rings. The van der Waals surface area contributed by atoms with Gasteiger partial charge in [-0.3, -0.25) is 9.59 Å². The fraction of sp³-hybridized carbons (Fsp3) is 0.438. The van der Waals surface area contributed by atoms with Gasteiger partial charge in [0.25, 0.3) is 0 Å². The minimum absolute atomic E-state index is 0.0229. The minimum Gasteiger partial charge on any atom is -0.535 e. The molecule has 1 atom stereocenters. The van der Waals surface area contributed by atoms with Gasteiger partial charge < -0.3 is 14.5 Å². The largest absolute Gasteiger partial charge is 0.535 e. The predicted molar refractivity (Wildman–Crippen MR) is 82.0 cm³/mol. The number of benzene rings is 1. The molecule has 0 spiro atoms. The molecule has 0 bridgehead atoms. The number of hydrogen-bond donors (Lipinski definition) is 1. The van der Waals surface area contributed by atoms with Crippen LogP contribution < -0.4 is 4.65 Å². The van der Waals surface area contributed by atoms with E-state index < -0.39 is 7.12 Å². The summed E-state index contributed by atoms with van der Waals surface area (Å²) in [4.78, 5) is 34.4. The maximum Gasteiger partial charge on any atom is 0.526 e. The van der Waals surface area contributed by atoms with Gasteiger partial charge in [0.2, 0.25) is 0 Å². The summed E-state index contributed by atoms with van der Waals surface area (Å²) in [5, 5.41) is 10.1. The second-order valence-electron chi connectivity index (χ2n) is 5.77. The van der Waals surface area contributed by atoms with Crippen molar-refractivity contribution in [1.82, 2.24) is 0 Å². The summed E-state index contributed by atoms with van der Waals surface area (Å²) >= 11 is 0. The first-order chi connectivity index (χ1) is 10.4. The molecule has 0 unspecified atom stereocenters. The summed E-state index contributed by atoms with van der Waals surface area (Å²) in [5.74, 6) is -0.150. The third kappa shape index (κ3) is 3.82. The van der Waals surface area contributed by atoms with Crippen LogP contribution in [0.2, 0.25) is 5.82 Å². The number of para-hydroxylation sites is 1. The monoisotopic (exact) mass is 302 g/mol. The molecular weight excluding hydrogens is 283 g/mol. The summed E-state index contributed by atoms with van der Waals surface area (Å²) in [5.41, 5.74) is 1.26. The van der Waals surface area contributed by atoms with E-state index in [1.807, 2.05) is 6.07 Å². The molecule has 1 aliphatic heterocycles. The van der Waals surface area contributed by atoms with Crippen LogP contribution in [0.4, 0.5) is 0 Å². The summed E-state index contributed by atoms with van der Waals surface area (Å²) < 4.78 is 5.48. The Kier molecular flexibility index (Phi) is 5.13. The van der Waals surface area contributed by atoms with Crippen LogP contribution in [0.25, 0.3) is 0 Å². The van der Waals surface area contributed by atoms with Crippen LogP contribution in [0.1, 0.15) is 49.0 Å². The van der Waals surface area contributed by atoms with Crippen molar-refractivity contribution in [1.29, 1.82) is 0 Å². The van der Waals surface area contributed by atoms with Crippen LogP contribution in [0.3, 0.4) is 0 Å². The van der Waals surface area contributed by atoms with E-state index in [4.69, 9.17) is 4.65 Å². The lowest BCUT2D eigenvalue weighted by Crippen LogP contribution is -2.35. The van der Waals surface area contributed by atoms with E-state index in [0.29, 0.717) is 17.7 Å². The molecular formula is C16H19BO5. The lowest BCUT2D eigenvalue weighted by Gasteiger charge is -2.28. The minimum atomic E-state index is -1.12. The molecule has 1 aliphatic rings. The highest BCUT2D eigenvalue weighted by Gasteiger charge is 2.37. The van der Waals surface area contributed by atoms with Crippen LogP contribution in [0.15, 0.2) is 18.2 Å². The molecule has 1 N–H and O–H groups in total. The zero-order valence-corrected chi connectivity index (χ0v) is 12.8. The maximum absolute atomic E-state index is 11.9. The van der Waals surface area contributed by atoms with Crippen molar-refractivity contribution in [2.75, 3.05) is 0 Å². The van der Waals surface area contributed by atoms with Crippen molar-refractivity contribution in [3.05, 3.63) is 29.3 Å². The van der Waals surface area contributed by atoms with Gasteiger partial charge in [-0.05, 0) is 31.9 Å². The molecule has 0 radical (unpaired) electrons. The third-order valence-electron chi connectivity index (χ3n) is 3.85. The highest BCUT2D eigenvalue weighted by molar-refractivity contribution is 6.47. The van der Waals surface area contributed by atoms with Gasteiger partial charge in [0, 0.05) is 25.1 Å². The molecule has 0 aromatic heterocycles. The highest BCUT2D eigenvalue weighted by Crippen LogP contribution is 2.36. The second kappa shape index (κ2) is 6.88. The van der Waals surface area contributed by atoms with Gasteiger partial charge in [0.1, 0.15) is 17.3 Å². The lowest BCUT2D eigenvalue weighted by molar-refractivity contribution is -0.123. The third-order valence-corrected chi connectivity index (χ3v) is 3.85. The quantitative estimate of drug-likeness (QED) is 0.642. The highest BCUT2D eigenvalue weighted by atomic mass is 16.5. The Morgan fingerprint density at radius 1 is 1.27 bits per heavy atom. The average Bonchev–Trinajstić information content (AvgIpc) is 2.45. The number of Topliss-reactive ketones (excluding diaryl/α,β-unsaturated/α-hetero) is 3. The Hall–Kier alpha value is -1.95. The SMILES string of the molecule is CC(=O)CCC(=O)C[C@H]1Cc2cccc(C(C)=O)c2OB1O. The predicted octanol–water partition coefficient (Wildman–Crippen LogP) is 2.00. The van der Waals surface area contributed by atoms with E-state index in [1.165, 1.54) is 13.8 Å². The number of carbonyl (C=O) groups is 3. The van der Waals surface area contributed by atoms with E-state index in [2.05, 4.69) is 0 Å². The molecule has 0 amide bonds. The zero-order valence-electron chi connectivity index (χ0n) is 12.8. The van der Waals surface area contributed by atoms with E-state index in [0.717, 1.165) is 5.56 Å². The van der Waals surface area contributed by atoms with Gasteiger partial charge >= 0.3 is 7.12 Å². The van der Waals surface area contributed by atoms with Gasteiger partial charge in [-0.1, -0.05) is 12.1 Å². The molecule has 0 saturated carbocycles. The molecule has 5 nitrogen and oxygen atoms in total. The van der Waals surface area contributed by atoms with Gasteiger partial charge in [0.15, 0.2) is 5.78 Å². The summed E-state index contributed by atoms with van der Waals surface area (Å²) in [6.45, 7) is 2.90. The number of rotatable bonds is 6. The molecule has 1 aromatic rings. The first kappa shape index (κ1) is 16.4. The van der Waals surface area contributed by atoms with E-state index in [-0.39, 0.29) is 42.4 Å². The smallest absolute Gasteiger partial charge is 0.526 e. The topological polar surface area (TPSA) is 80.7 Å². The van der Waals surface area contributed by atoms with Gasteiger partial charge in [0.05, 0.1) is 5.56 Å². The van der Waals surface area contributed by atoms with Crippen molar-refractivity contribution >= 4 is 24.5 Å². The van der Waals surface area contributed by atoms with Crippen LogP contribution in [-0.4, -0.2) is 29.5 Å². The summed E-state index contributed by atoms with van der Waals surface area (Å²) in [7, 11) is -1.12. The van der Waals surface area contributed by atoms with Crippen LogP contribution in [-0.2, 0) is 16.0 Å². The van der Waals surface area contributed by atoms with Crippen molar-refractivity contribution in [2.45, 2.75) is 45.3 Å². The normalized spacial score (nSPS) is 16.7. The first-order valence-corrected chi connectivity index (χ1v) is 7.37. The van der Waals surface area contributed by atoms with Crippen LogP contribution in [0, 0.1) is 0 Å². The Balaban J connectivity index is 2.09. The summed E-state index contributed by atoms with van der Waals surface area (Å²) in [6, 6.07) is 5.26. The fourth-order valence-corrected chi connectivity index (χ4v) is 2.65. The molecule has 1 heterocycles. The van der Waals surface area contributed by atoms with Gasteiger partial charge in [-0.2, -0.15) is 0 Å². The van der Waals surface area contributed by atoms with Crippen molar-refractivity contribution in [3.63, 3.8) is 0 Å². The lowest BCUT2D eigenvalue weighted by atomic mass is 9.64. The number of fused-ring (bicyclic) bond motifs is 1. The second-order valence-corrected chi connectivity index (χ2v) is 5.77. The van der Waals surface area contributed by atoms with Gasteiger partial charge in [-0.15, -0.1) is 0 Å². The molecule has 0 saturated heterocycles. The average molecular weight is 302 g/mol.